The summed E-state index contributed by atoms with van der Waals surface area (Å²) in [5, 5.41) is 2.45. The zero-order valence-corrected chi connectivity index (χ0v) is 10.5. The Bertz CT molecular complexity index is 558. The highest BCUT2D eigenvalue weighted by atomic mass is 16.5. The third-order valence-electron chi connectivity index (χ3n) is 2.42. The van der Waals surface area contributed by atoms with Crippen LogP contribution >= 0.6 is 0 Å². The lowest BCUT2D eigenvalue weighted by Crippen LogP contribution is -2.33. The number of oxazole rings is 1. The molecule has 1 N–H and O–H groups in total. The molecule has 0 aliphatic heterocycles. The minimum Gasteiger partial charge on any atom is -0.459 e. The first-order valence-corrected chi connectivity index (χ1v) is 6.00. The van der Waals surface area contributed by atoms with Crippen LogP contribution in [0.4, 0.5) is 0 Å². The molecule has 0 aliphatic carbocycles. The maximum absolute atomic E-state index is 11.3. The molecule has 6 nitrogen and oxygen atoms in total. The number of carbonyl (C=O) groups excluding carboxylic acids is 2. The van der Waals surface area contributed by atoms with Crippen molar-refractivity contribution >= 4 is 23.0 Å². The van der Waals surface area contributed by atoms with E-state index >= 15 is 0 Å². The summed E-state index contributed by atoms with van der Waals surface area (Å²) in [7, 11) is 0. The van der Waals surface area contributed by atoms with E-state index in [2.05, 4.69) is 15.0 Å². The van der Waals surface area contributed by atoms with Gasteiger partial charge in [-0.1, -0.05) is 12.1 Å². The fraction of sp³-hybridized carbons (Fsp3) is 0.308. The highest BCUT2D eigenvalue weighted by Crippen LogP contribution is 2.14. The summed E-state index contributed by atoms with van der Waals surface area (Å²) in [6, 6.07) is 7.40. The Morgan fingerprint density at radius 3 is 2.89 bits per heavy atom. The van der Waals surface area contributed by atoms with Crippen LogP contribution in [0.3, 0.4) is 0 Å². The van der Waals surface area contributed by atoms with Crippen LogP contribution < -0.4 is 5.32 Å². The molecule has 1 heterocycles. The van der Waals surface area contributed by atoms with E-state index in [-0.39, 0.29) is 13.2 Å². The van der Waals surface area contributed by atoms with Crippen molar-refractivity contribution < 1.29 is 18.7 Å². The van der Waals surface area contributed by atoms with Crippen LogP contribution in [0, 0.1) is 0 Å². The van der Waals surface area contributed by atoms with Gasteiger partial charge >= 0.3 is 11.9 Å². The standard InChI is InChI=1S/C13H14N2O4/c1-2-18-13(17)12(16)14-8-7-11-15-9-5-3-4-6-10(9)19-11/h3-6H,2,7-8H2,1H3,(H,14,16). The molecule has 0 saturated heterocycles. The first-order chi connectivity index (χ1) is 9.20. The Kier molecular flexibility index (Phi) is 4.12. The minimum absolute atomic E-state index is 0.178. The smallest absolute Gasteiger partial charge is 0.396 e. The average molecular weight is 262 g/mol. The SMILES string of the molecule is CCOC(=O)C(=O)NCCc1nc2ccccc2o1. The number of aromatic nitrogens is 1. The molecule has 0 aliphatic rings. The second-order valence-electron chi connectivity index (χ2n) is 3.80. The number of rotatable bonds is 4. The monoisotopic (exact) mass is 262 g/mol. The summed E-state index contributed by atoms with van der Waals surface area (Å²) in [4.78, 5) is 26.6. The Morgan fingerprint density at radius 2 is 2.16 bits per heavy atom. The number of esters is 1. The van der Waals surface area contributed by atoms with Gasteiger partial charge in [0.2, 0.25) is 0 Å². The molecular formula is C13H14N2O4. The Morgan fingerprint density at radius 1 is 1.37 bits per heavy atom. The second kappa shape index (κ2) is 5.99. The van der Waals surface area contributed by atoms with Crippen LogP contribution in [0.25, 0.3) is 11.1 Å². The van der Waals surface area contributed by atoms with E-state index in [1.165, 1.54) is 0 Å². The Hall–Kier alpha value is -2.37. The summed E-state index contributed by atoms with van der Waals surface area (Å²) in [6.07, 6.45) is 0.416. The van der Waals surface area contributed by atoms with Gasteiger partial charge in [-0.3, -0.25) is 4.79 Å². The first kappa shape index (κ1) is 13.1. The summed E-state index contributed by atoms with van der Waals surface area (Å²) < 4.78 is 10.0. The van der Waals surface area contributed by atoms with Gasteiger partial charge in [0.1, 0.15) is 5.52 Å². The zero-order valence-electron chi connectivity index (χ0n) is 10.5. The van der Waals surface area contributed by atoms with Crippen molar-refractivity contribution in [3.8, 4) is 0 Å². The molecule has 2 aromatic rings. The molecule has 0 spiro atoms. The van der Waals surface area contributed by atoms with Crippen LogP contribution in [-0.4, -0.2) is 30.0 Å². The summed E-state index contributed by atoms with van der Waals surface area (Å²) >= 11 is 0. The van der Waals surface area contributed by atoms with Gasteiger partial charge in [0.05, 0.1) is 6.61 Å². The van der Waals surface area contributed by atoms with Gasteiger partial charge in [-0.2, -0.15) is 0 Å². The fourth-order valence-corrected chi connectivity index (χ4v) is 1.58. The van der Waals surface area contributed by atoms with Crippen molar-refractivity contribution in [3.63, 3.8) is 0 Å². The van der Waals surface area contributed by atoms with E-state index in [0.29, 0.717) is 17.9 Å². The molecule has 0 atom stereocenters. The van der Waals surface area contributed by atoms with Crippen molar-refractivity contribution in [2.24, 2.45) is 0 Å². The molecule has 0 saturated carbocycles. The summed E-state index contributed by atoms with van der Waals surface area (Å²) in [5.41, 5.74) is 1.48. The summed E-state index contributed by atoms with van der Waals surface area (Å²) in [5.74, 6) is -1.11. The van der Waals surface area contributed by atoms with E-state index < -0.39 is 11.9 Å². The van der Waals surface area contributed by atoms with Crippen molar-refractivity contribution in [1.29, 1.82) is 0 Å². The van der Waals surface area contributed by atoms with Crippen molar-refractivity contribution in [3.05, 3.63) is 30.2 Å². The molecule has 6 heteroatoms. The molecule has 1 aromatic carbocycles. The van der Waals surface area contributed by atoms with Crippen LogP contribution in [0.5, 0.6) is 0 Å². The topological polar surface area (TPSA) is 81.4 Å². The highest BCUT2D eigenvalue weighted by Gasteiger charge is 2.14. The third kappa shape index (κ3) is 3.31. The van der Waals surface area contributed by atoms with Gasteiger partial charge in [-0.15, -0.1) is 0 Å². The number of fused-ring (bicyclic) bond motifs is 1. The zero-order chi connectivity index (χ0) is 13.7. The number of hydrogen-bond acceptors (Lipinski definition) is 5. The second-order valence-corrected chi connectivity index (χ2v) is 3.80. The lowest BCUT2D eigenvalue weighted by Gasteiger charge is -2.02. The van der Waals surface area contributed by atoms with Crippen molar-refractivity contribution in [1.82, 2.24) is 10.3 Å². The highest BCUT2D eigenvalue weighted by molar-refractivity contribution is 6.32. The molecule has 2 rings (SSSR count). The largest absolute Gasteiger partial charge is 0.459 e. The number of hydrogen-bond donors (Lipinski definition) is 1. The molecule has 0 bridgehead atoms. The van der Waals surface area contributed by atoms with Gasteiger partial charge in [-0.25, -0.2) is 9.78 Å². The maximum atomic E-state index is 11.3. The number of carbonyl (C=O) groups is 2. The molecule has 1 amide bonds. The number of nitrogens with one attached hydrogen (secondary N) is 1. The summed E-state index contributed by atoms with van der Waals surface area (Å²) in [6.45, 7) is 2.09. The molecule has 100 valence electrons. The third-order valence-corrected chi connectivity index (χ3v) is 2.42. The normalized spacial score (nSPS) is 10.4. The van der Waals surface area contributed by atoms with Crippen LogP contribution in [-0.2, 0) is 20.7 Å². The molecular weight excluding hydrogens is 248 g/mol. The first-order valence-electron chi connectivity index (χ1n) is 6.00. The van der Waals surface area contributed by atoms with Crippen LogP contribution in [0.15, 0.2) is 28.7 Å². The number of ether oxygens (including phenoxy) is 1. The Balaban J connectivity index is 1.85. The van der Waals surface area contributed by atoms with Crippen molar-refractivity contribution in [2.75, 3.05) is 13.2 Å². The Labute approximate surface area is 109 Å². The van der Waals surface area contributed by atoms with Gasteiger partial charge in [0.15, 0.2) is 11.5 Å². The minimum atomic E-state index is -0.875. The fourth-order valence-electron chi connectivity index (χ4n) is 1.58. The van der Waals surface area contributed by atoms with E-state index in [4.69, 9.17) is 4.42 Å². The quantitative estimate of drug-likeness (QED) is 0.658. The molecule has 0 unspecified atom stereocenters. The number of benzene rings is 1. The van der Waals surface area contributed by atoms with Crippen LogP contribution in [0.1, 0.15) is 12.8 Å². The number of para-hydroxylation sites is 2. The predicted molar refractivity (Wildman–Crippen MR) is 67.4 cm³/mol. The van der Waals surface area contributed by atoms with E-state index in [9.17, 15) is 9.59 Å². The average Bonchev–Trinajstić information content (AvgIpc) is 2.81. The molecule has 0 fully saturated rings. The van der Waals surface area contributed by atoms with E-state index in [0.717, 1.165) is 5.52 Å². The molecule has 19 heavy (non-hydrogen) atoms. The van der Waals surface area contributed by atoms with Gasteiger partial charge in [0, 0.05) is 13.0 Å². The van der Waals surface area contributed by atoms with E-state index in [1.807, 2.05) is 24.3 Å². The van der Waals surface area contributed by atoms with Crippen LogP contribution in [0.2, 0.25) is 0 Å². The maximum Gasteiger partial charge on any atom is 0.396 e. The molecule has 1 aromatic heterocycles. The van der Waals surface area contributed by atoms with Gasteiger partial charge in [0.25, 0.3) is 0 Å². The number of nitrogens with zero attached hydrogens (tertiary/aromatic N) is 1. The van der Waals surface area contributed by atoms with E-state index in [1.54, 1.807) is 6.92 Å². The predicted octanol–water partition coefficient (Wildman–Crippen LogP) is 1.05. The van der Waals surface area contributed by atoms with Gasteiger partial charge in [-0.05, 0) is 19.1 Å². The molecule has 0 radical (unpaired) electrons. The van der Waals surface area contributed by atoms with Gasteiger partial charge < -0.3 is 14.5 Å². The lowest BCUT2D eigenvalue weighted by molar-refractivity contribution is -0.154. The van der Waals surface area contributed by atoms with Crippen molar-refractivity contribution in [2.45, 2.75) is 13.3 Å². The lowest BCUT2D eigenvalue weighted by atomic mass is 10.3. The number of amides is 1.